The predicted octanol–water partition coefficient (Wildman–Crippen LogP) is 2.05. The molecule has 1 amide bonds. The van der Waals surface area contributed by atoms with Crippen LogP contribution in [0.5, 0.6) is 5.75 Å². The molecule has 1 aromatic rings. The predicted molar refractivity (Wildman–Crippen MR) is 158 cm³/mol. The number of benzene rings is 1. The molecule has 0 radical (unpaired) electrons. The van der Waals surface area contributed by atoms with E-state index in [4.69, 9.17) is 5.73 Å². The number of aromatic hydroxyl groups is 1. The summed E-state index contributed by atoms with van der Waals surface area (Å²) in [5.41, 5.74) is 4.11. The lowest BCUT2D eigenvalue weighted by Crippen LogP contribution is -2.63. The maximum Gasteiger partial charge on any atom is 0.255 e. The summed E-state index contributed by atoms with van der Waals surface area (Å²) in [5, 5.41) is 45.5. The molecule has 0 saturated carbocycles. The van der Waals surface area contributed by atoms with Crippen LogP contribution in [0.1, 0.15) is 55.1 Å². The molecule has 0 aliphatic heterocycles. The molecular weight excluding hydrogens is 540 g/mol. The van der Waals surface area contributed by atoms with E-state index in [1.807, 2.05) is 19.0 Å². The largest absolute Gasteiger partial charge is 0.510 e. The molecule has 0 aromatic heterocycles. The molecule has 0 bridgehead atoms. The van der Waals surface area contributed by atoms with Crippen molar-refractivity contribution in [3.63, 3.8) is 0 Å². The number of primary amides is 1. The van der Waals surface area contributed by atoms with Crippen LogP contribution in [-0.4, -0.2) is 101 Å². The van der Waals surface area contributed by atoms with Crippen molar-refractivity contribution in [2.45, 2.75) is 58.2 Å². The van der Waals surface area contributed by atoms with Gasteiger partial charge in [0.2, 0.25) is 5.78 Å². The number of Topliss-reactive ketones (excluding diaryl/α,β-unsaturated/α-hetero) is 2. The molecule has 6 N–H and O–H groups in total. The van der Waals surface area contributed by atoms with Crippen LogP contribution in [-0.2, 0) is 22.6 Å². The van der Waals surface area contributed by atoms with Crippen molar-refractivity contribution in [1.82, 2.24) is 9.80 Å². The van der Waals surface area contributed by atoms with Crippen LogP contribution in [0.3, 0.4) is 0 Å². The lowest BCUT2D eigenvalue weighted by Gasteiger charge is -2.50. The minimum atomic E-state index is -2.65. The molecule has 0 unspecified atom stereocenters. The Morgan fingerprint density at radius 2 is 1.79 bits per heavy atom. The van der Waals surface area contributed by atoms with Crippen molar-refractivity contribution in [2.75, 3.05) is 46.2 Å². The number of aliphatic hydroxyl groups is 3. The molecule has 4 rings (SSSR count). The number of carbonyl (C=O) groups is 3. The van der Waals surface area contributed by atoms with Gasteiger partial charge in [-0.25, -0.2) is 0 Å². The number of nitrogens with zero attached hydrogens (tertiary/aromatic N) is 3. The van der Waals surface area contributed by atoms with Gasteiger partial charge in [0, 0.05) is 37.8 Å². The molecule has 230 valence electrons. The van der Waals surface area contributed by atoms with Gasteiger partial charge in [-0.05, 0) is 75.5 Å². The Morgan fingerprint density at radius 1 is 1.14 bits per heavy atom. The Labute approximate surface area is 246 Å². The number of fused-ring (bicyclic) bond motifs is 3. The highest BCUT2D eigenvalue weighted by atomic mass is 16.3. The minimum Gasteiger partial charge on any atom is -0.510 e. The van der Waals surface area contributed by atoms with Gasteiger partial charge in [-0.15, -0.1) is 0 Å². The third-order valence-corrected chi connectivity index (χ3v) is 9.08. The first-order valence-electron chi connectivity index (χ1n) is 14.5. The third-order valence-electron chi connectivity index (χ3n) is 9.08. The molecule has 3 aliphatic rings. The normalized spacial score (nSPS) is 25.7. The van der Waals surface area contributed by atoms with E-state index in [0.717, 1.165) is 30.8 Å². The molecule has 11 heteroatoms. The quantitative estimate of drug-likeness (QED) is 0.271. The highest BCUT2D eigenvalue weighted by Crippen LogP contribution is 2.53. The van der Waals surface area contributed by atoms with Crippen molar-refractivity contribution >= 4 is 23.2 Å². The monoisotopic (exact) mass is 584 g/mol. The topological polar surface area (TPSA) is 168 Å². The van der Waals surface area contributed by atoms with Crippen LogP contribution >= 0.6 is 0 Å². The summed E-state index contributed by atoms with van der Waals surface area (Å²) in [5.74, 6) is -5.99. The Hall–Kier alpha value is -3.41. The Bertz CT molecular complexity index is 1380. The summed E-state index contributed by atoms with van der Waals surface area (Å²) in [6, 6.07) is 0.560. The number of amides is 1. The number of nitrogens with two attached hydrogens (primary N) is 1. The van der Waals surface area contributed by atoms with Gasteiger partial charge in [0.05, 0.1) is 11.6 Å². The number of rotatable bonds is 9. The highest BCUT2D eigenvalue weighted by molar-refractivity contribution is 6.24. The van der Waals surface area contributed by atoms with Gasteiger partial charge in [-0.1, -0.05) is 20.8 Å². The number of hydrogen-bond acceptors (Lipinski definition) is 10. The second-order valence-electron chi connectivity index (χ2n) is 12.7. The van der Waals surface area contributed by atoms with Crippen molar-refractivity contribution in [2.24, 2.45) is 23.5 Å². The summed E-state index contributed by atoms with van der Waals surface area (Å²) in [6.45, 7) is 8.69. The summed E-state index contributed by atoms with van der Waals surface area (Å²) in [6.07, 6.45) is 1.32. The van der Waals surface area contributed by atoms with E-state index in [1.165, 1.54) is 0 Å². The van der Waals surface area contributed by atoms with Crippen molar-refractivity contribution in [1.29, 1.82) is 0 Å². The van der Waals surface area contributed by atoms with Gasteiger partial charge in [0.25, 0.3) is 5.91 Å². The average Bonchev–Trinajstić information content (AvgIpc) is 2.87. The van der Waals surface area contributed by atoms with E-state index >= 15 is 0 Å². The first-order chi connectivity index (χ1) is 19.6. The number of likely N-dealkylation sites (N-methyl/N-ethyl adjacent to an activating group) is 1. The fourth-order valence-corrected chi connectivity index (χ4v) is 7.08. The molecule has 42 heavy (non-hydrogen) atoms. The molecule has 0 heterocycles. The number of phenols is 1. The molecule has 0 fully saturated rings. The van der Waals surface area contributed by atoms with E-state index in [2.05, 4.69) is 25.7 Å². The van der Waals surface area contributed by atoms with Gasteiger partial charge in [0.15, 0.2) is 11.4 Å². The van der Waals surface area contributed by atoms with Gasteiger partial charge in [0.1, 0.15) is 22.8 Å². The molecule has 3 aliphatic carbocycles. The molecule has 4 atom stereocenters. The maximum atomic E-state index is 14.1. The van der Waals surface area contributed by atoms with Gasteiger partial charge in [-0.3, -0.25) is 24.2 Å². The second kappa shape index (κ2) is 11.3. The van der Waals surface area contributed by atoms with E-state index in [-0.39, 0.29) is 29.7 Å². The van der Waals surface area contributed by atoms with E-state index in [0.29, 0.717) is 18.0 Å². The molecule has 11 nitrogen and oxygen atoms in total. The Morgan fingerprint density at radius 3 is 2.31 bits per heavy atom. The summed E-state index contributed by atoms with van der Waals surface area (Å²) in [7, 11) is 6.98. The Balaban J connectivity index is 1.88. The number of phenolic OH excluding ortho intramolecular Hbond substituents is 1. The van der Waals surface area contributed by atoms with Gasteiger partial charge >= 0.3 is 0 Å². The molecule has 1 aromatic carbocycles. The number of carbonyl (C=O) groups excluding carboxylic acids is 3. The molecular formula is C31H44N4O7. The fraction of sp³-hybridized carbons (Fsp3) is 0.581. The second-order valence-corrected chi connectivity index (χ2v) is 12.7. The first kappa shape index (κ1) is 31.5. The number of aliphatic hydroxyl groups excluding tert-OH is 2. The average molecular weight is 585 g/mol. The SMILES string of the molecule is CCN(CCC(C)C)Cc1cc(O)c2c(c1N(C)C)C[C@H]1C[C@H]3[C@H](N(C)C)C(O)=C(C(N)=O)C(=O)[C@@]3(O)C(O)=C1C2=O. The van der Waals surface area contributed by atoms with E-state index < -0.39 is 58.0 Å². The zero-order chi connectivity index (χ0) is 31.4. The van der Waals surface area contributed by atoms with E-state index in [9.17, 15) is 34.8 Å². The lowest BCUT2D eigenvalue weighted by atomic mass is 9.58. The number of allylic oxidation sites excluding steroid dienone is 1. The molecule has 0 saturated heterocycles. The van der Waals surface area contributed by atoms with Crippen LogP contribution in [0.25, 0.3) is 0 Å². The number of hydrogen-bond donors (Lipinski definition) is 5. The smallest absolute Gasteiger partial charge is 0.255 e. The Kier molecular flexibility index (Phi) is 8.52. The minimum absolute atomic E-state index is 0.0217. The van der Waals surface area contributed by atoms with Crippen LogP contribution in [0.2, 0.25) is 0 Å². The number of ketones is 2. The van der Waals surface area contributed by atoms with Crippen LogP contribution in [0.4, 0.5) is 5.69 Å². The zero-order valence-corrected chi connectivity index (χ0v) is 25.6. The summed E-state index contributed by atoms with van der Waals surface area (Å²) in [4.78, 5) is 45.4. The maximum absolute atomic E-state index is 14.1. The van der Waals surface area contributed by atoms with Crippen molar-refractivity contribution < 1.29 is 34.8 Å². The van der Waals surface area contributed by atoms with Gasteiger partial charge in [-0.2, -0.15) is 0 Å². The summed E-state index contributed by atoms with van der Waals surface area (Å²) >= 11 is 0. The van der Waals surface area contributed by atoms with Gasteiger partial charge < -0.3 is 31.1 Å². The van der Waals surface area contributed by atoms with Crippen molar-refractivity contribution in [3.8, 4) is 5.75 Å². The van der Waals surface area contributed by atoms with Crippen molar-refractivity contribution in [3.05, 3.63) is 45.4 Å². The fourth-order valence-electron chi connectivity index (χ4n) is 7.08. The standard InChI is InChI=1S/C31H44N4O7/c1-8-35(10-9-15(2)3)14-17-13-20(36)22-18(24(17)33(4)5)11-16-12-19-25(34(6)7)27(38)23(30(32)41)29(40)31(19,42)28(39)21(16)26(22)37/h13,15-16,19,25,36,38-39,42H,8-12,14H2,1-7H3,(H2,32,41)/t16-,19-,25-,31-/m0/s1. The third kappa shape index (κ3) is 4.87. The number of anilines is 1. The lowest BCUT2D eigenvalue weighted by molar-refractivity contribution is -0.148. The van der Waals surface area contributed by atoms with Crippen LogP contribution < -0.4 is 10.6 Å². The summed E-state index contributed by atoms with van der Waals surface area (Å²) < 4.78 is 0. The van der Waals surface area contributed by atoms with E-state index in [1.54, 1.807) is 25.1 Å². The first-order valence-corrected chi connectivity index (χ1v) is 14.5. The highest BCUT2D eigenvalue weighted by Gasteiger charge is 2.63. The zero-order valence-electron chi connectivity index (χ0n) is 25.6. The van der Waals surface area contributed by atoms with Crippen LogP contribution in [0, 0.1) is 17.8 Å². The molecule has 0 spiro atoms. The van der Waals surface area contributed by atoms with Crippen LogP contribution in [0.15, 0.2) is 28.7 Å².